The number of anilines is 1. The highest BCUT2D eigenvalue weighted by Crippen LogP contribution is 2.32. The smallest absolute Gasteiger partial charge is 0.292 e. The molecule has 1 aliphatic carbocycles. The predicted molar refractivity (Wildman–Crippen MR) is 104 cm³/mol. The Morgan fingerprint density at radius 1 is 1.15 bits per heavy atom. The summed E-state index contributed by atoms with van der Waals surface area (Å²) in [5.74, 6) is -0.0957. The topological polar surface area (TPSA) is 81.5 Å². The summed E-state index contributed by atoms with van der Waals surface area (Å²) in [7, 11) is 1.55. The normalized spacial score (nSPS) is 21.4. The zero-order chi connectivity index (χ0) is 19.4. The standard InChI is InChI=1S/C21H20N2O4/c1-21(22-17-10-6-7-11-18(17)23(25)26)13-12-16(14-19(21)27-2)20(24)15-8-4-3-5-9-15/h3-14,19,22H,1-2H3. The van der Waals surface area contributed by atoms with E-state index in [4.69, 9.17) is 4.74 Å². The number of Topliss-reactive ketones (excluding diaryl/α,β-unsaturated/α-hetero) is 1. The molecule has 0 saturated heterocycles. The summed E-state index contributed by atoms with van der Waals surface area (Å²) in [5.41, 5.74) is 0.745. The molecule has 2 aromatic carbocycles. The third-order valence-corrected chi connectivity index (χ3v) is 4.59. The number of ketones is 1. The number of rotatable bonds is 6. The van der Waals surface area contributed by atoms with Crippen LogP contribution >= 0.6 is 0 Å². The molecule has 0 bridgehead atoms. The fraction of sp³-hybridized carbons (Fsp3) is 0.190. The lowest BCUT2D eigenvalue weighted by Gasteiger charge is -2.36. The van der Waals surface area contributed by atoms with Crippen molar-refractivity contribution in [2.45, 2.75) is 18.6 Å². The summed E-state index contributed by atoms with van der Waals surface area (Å²) in [6.45, 7) is 1.87. The predicted octanol–water partition coefficient (Wildman–Crippen LogP) is 4.16. The first-order valence-electron chi connectivity index (χ1n) is 8.50. The van der Waals surface area contributed by atoms with Crippen molar-refractivity contribution < 1.29 is 14.5 Å². The third kappa shape index (κ3) is 3.80. The molecule has 0 fully saturated rings. The van der Waals surface area contributed by atoms with Gasteiger partial charge in [-0.2, -0.15) is 0 Å². The van der Waals surface area contributed by atoms with Crippen molar-refractivity contribution in [1.29, 1.82) is 0 Å². The van der Waals surface area contributed by atoms with Crippen molar-refractivity contribution in [1.82, 2.24) is 0 Å². The molecule has 2 aromatic rings. The summed E-state index contributed by atoms with van der Waals surface area (Å²) < 4.78 is 5.58. The van der Waals surface area contributed by atoms with Crippen molar-refractivity contribution in [2.24, 2.45) is 0 Å². The SMILES string of the molecule is COC1C=C(C(=O)c2ccccc2)C=CC1(C)Nc1ccccc1[N+](=O)[O-]. The molecule has 6 heteroatoms. The Morgan fingerprint density at radius 3 is 2.48 bits per heavy atom. The van der Waals surface area contributed by atoms with Gasteiger partial charge in [-0.1, -0.05) is 54.6 Å². The zero-order valence-electron chi connectivity index (χ0n) is 15.1. The maximum absolute atomic E-state index is 12.7. The molecule has 3 rings (SSSR count). The minimum atomic E-state index is -0.749. The molecule has 1 N–H and O–H groups in total. The van der Waals surface area contributed by atoms with Crippen LogP contribution in [0.4, 0.5) is 11.4 Å². The second kappa shape index (κ2) is 7.55. The highest BCUT2D eigenvalue weighted by Gasteiger charge is 2.35. The van der Waals surface area contributed by atoms with Gasteiger partial charge >= 0.3 is 0 Å². The molecule has 0 amide bonds. The summed E-state index contributed by atoms with van der Waals surface area (Å²) >= 11 is 0. The summed E-state index contributed by atoms with van der Waals surface area (Å²) in [5, 5.41) is 14.5. The average molecular weight is 364 g/mol. The number of carbonyl (C=O) groups excluding carboxylic acids is 1. The average Bonchev–Trinajstić information content (AvgIpc) is 2.68. The molecule has 2 atom stereocenters. The number of nitrogens with zero attached hydrogens (tertiary/aromatic N) is 1. The molecule has 2 unspecified atom stereocenters. The van der Waals surface area contributed by atoms with Crippen LogP contribution in [0.2, 0.25) is 0 Å². The number of ether oxygens (including phenoxy) is 1. The minimum Gasteiger partial charge on any atom is -0.375 e. The van der Waals surface area contributed by atoms with Gasteiger partial charge in [0.05, 0.1) is 10.5 Å². The monoisotopic (exact) mass is 364 g/mol. The molecule has 0 spiro atoms. The van der Waals surface area contributed by atoms with Crippen LogP contribution in [0.3, 0.4) is 0 Å². The number of methoxy groups -OCH3 is 1. The van der Waals surface area contributed by atoms with Crippen molar-refractivity contribution in [2.75, 3.05) is 12.4 Å². The van der Waals surface area contributed by atoms with Gasteiger partial charge in [-0.25, -0.2) is 0 Å². The van der Waals surface area contributed by atoms with Gasteiger partial charge in [0.1, 0.15) is 11.8 Å². The number of para-hydroxylation sites is 2. The van der Waals surface area contributed by atoms with E-state index in [2.05, 4.69) is 5.32 Å². The molecule has 0 aliphatic heterocycles. The molecule has 0 aromatic heterocycles. The lowest BCUT2D eigenvalue weighted by molar-refractivity contribution is -0.384. The number of benzene rings is 2. The van der Waals surface area contributed by atoms with Gasteiger partial charge in [-0.3, -0.25) is 14.9 Å². The Balaban J connectivity index is 1.89. The summed E-state index contributed by atoms with van der Waals surface area (Å²) in [6.07, 6.45) is 4.81. The van der Waals surface area contributed by atoms with E-state index in [9.17, 15) is 14.9 Å². The quantitative estimate of drug-likeness (QED) is 0.473. The van der Waals surface area contributed by atoms with Gasteiger partial charge in [0.25, 0.3) is 5.69 Å². The molecule has 0 saturated carbocycles. The van der Waals surface area contributed by atoms with E-state index in [0.717, 1.165) is 0 Å². The first-order valence-corrected chi connectivity index (χ1v) is 8.50. The number of nitro benzene ring substituents is 1. The number of allylic oxidation sites excluding steroid dienone is 2. The Bertz CT molecular complexity index is 921. The van der Waals surface area contributed by atoms with Crippen molar-refractivity contribution in [3.63, 3.8) is 0 Å². The highest BCUT2D eigenvalue weighted by atomic mass is 16.6. The van der Waals surface area contributed by atoms with Crippen molar-refractivity contribution in [3.8, 4) is 0 Å². The maximum atomic E-state index is 12.7. The number of carbonyl (C=O) groups is 1. The Kier molecular flexibility index (Phi) is 5.19. The number of nitro groups is 1. The second-order valence-electron chi connectivity index (χ2n) is 6.49. The fourth-order valence-electron chi connectivity index (χ4n) is 3.11. The van der Waals surface area contributed by atoms with Gasteiger partial charge in [0, 0.05) is 24.3 Å². The Morgan fingerprint density at radius 2 is 1.81 bits per heavy atom. The van der Waals surface area contributed by atoms with Crippen molar-refractivity contribution >= 4 is 17.2 Å². The lowest BCUT2D eigenvalue weighted by Crippen LogP contribution is -2.46. The second-order valence-corrected chi connectivity index (χ2v) is 6.49. The van der Waals surface area contributed by atoms with Gasteiger partial charge in [0.2, 0.25) is 0 Å². The van der Waals surface area contributed by atoms with Crippen LogP contribution in [0.1, 0.15) is 17.3 Å². The first-order chi connectivity index (χ1) is 12.9. The van der Waals surface area contributed by atoms with Crippen LogP contribution in [-0.2, 0) is 4.74 Å². The van der Waals surface area contributed by atoms with Crippen LogP contribution < -0.4 is 5.32 Å². The molecule has 138 valence electrons. The summed E-state index contributed by atoms with van der Waals surface area (Å²) in [6, 6.07) is 15.4. The van der Waals surface area contributed by atoms with Crippen LogP contribution in [0.15, 0.2) is 78.4 Å². The number of hydrogen-bond donors (Lipinski definition) is 1. The van der Waals surface area contributed by atoms with Gasteiger partial charge in [-0.15, -0.1) is 0 Å². The van der Waals surface area contributed by atoms with Gasteiger partial charge in [-0.05, 0) is 19.1 Å². The highest BCUT2D eigenvalue weighted by molar-refractivity contribution is 6.10. The maximum Gasteiger partial charge on any atom is 0.292 e. The molecule has 27 heavy (non-hydrogen) atoms. The van der Waals surface area contributed by atoms with E-state index < -0.39 is 16.6 Å². The fourth-order valence-corrected chi connectivity index (χ4v) is 3.11. The molecule has 6 nitrogen and oxygen atoms in total. The third-order valence-electron chi connectivity index (χ3n) is 4.59. The Labute approximate surface area is 157 Å². The zero-order valence-corrected chi connectivity index (χ0v) is 15.1. The molecule has 0 radical (unpaired) electrons. The van der Waals surface area contributed by atoms with Crippen LogP contribution in [0.5, 0.6) is 0 Å². The first kappa shape index (κ1) is 18.5. The lowest BCUT2D eigenvalue weighted by atomic mass is 9.85. The Hall–Kier alpha value is -3.25. The van der Waals surface area contributed by atoms with Gasteiger partial charge < -0.3 is 10.1 Å². The van der Waals surface area contributed by atoms with E-state index >= 15 is 0 Å². The van der Waals surface area contributed by atoms with Crippen LogP contribution in [-0.4, -0.2) is 29.5 Å². The minimum absolute atomic E-state index is 0.0166. The molecular weight excluding hydrogens is 344 g/mol. The van der Waals surface area contributed by atoms with E-state index in [1.165, 1.54) is 6.07 Å². The van der Waals surface area contributed by atoms with Gasteiger partial charge in [0.15, 0.2) is 5.78 Å². The van der Waals surface area contributed by atoms with E-state index in [1.54, 1.807) is 49.6 Å². The molecule has 1 aliphatic rings. The van der Waals surface area contributed by atoms with E-state index in [0.29, 0.717) is 16.8 Å². The van der Waals surface area contributed by atoms with Crippen LogP contribution in [0, 0.1) is 10.1 Å². The van der Waals surface area contributed by atoms with Crippen LogP contribution in [0.25, 0.3) is 0 Å². The summed E-state index contributed by atoms with van der Waals surface area (Å²) in [4.78, 5) is 23.5. The largest absolute Gasteiger partial charge is 0.375 e. The molecular formula is C21H20N2O4. The number of hydrogen-bond acceptors (Lipinski definition) is 5. The molecule has 0 heterocycles. The number of nitrogens with one attached hydrogen (secondary N) is 1. The van der Waals surface area contributed by atoms with Crippen molar-refractivity contribution in [3.05, 3.63) is 94.1 Å². The van der Waals surface area contributed by atoms with E-state index in [1.807, 2.05) is 31.2 Å². The van der Waals surface area contributed by atoms with E-state index in [-0.39, 0.29) is 11.5 Å².